The highest BCUT2D eigenvalue weighted by molar-refractivity contribution is 5.98. The minimum absolute atomic E-state index is 0.0498. The molecule has 1 saturated carbocycles. The van der Waals surface area contributed by atoms with E-state index in [4.69, 9.17) is 4.74 Å². The van der Waals surface area contributed by atoms with E-state index in [2.05, 4.69) is 4.98 Å². The first kappa shape index (κ1) is 26.1. The molecule has 2 amide bonds. The summed E-state index contributed by atoms with van der Waals surface area (Å²) in [6.07, 6.45) is 6.28. The predicted molar refractivity (Wildman–Crippen MR) is 135 cm³/mol. The number of pyridine rings is 1. The third kappa shape index (κ3) is 5.53. The van der Waals surface area contributed by atoms with Crippen molar-refractivity contribution < 1.29 is 23.8 Å². The summed E-state index contributed by atoms with van der Waals surface area (Å²) in [5, 5.41) is 9.86. The Labute approximate surface area is 212 Å². The number of fused-ring (bicyclic) bond motifs is 1. The smallest absolute Gasteiger partial charge is 0.259 e. The molecule has 36 heavy (non-hydrogen) atoms. The van der Waals surface area contributed by atoms with Crippen LogP contribution >= 0.6 is 0 Å². The Hall–Kier alpha value is -3.00. The largest absolute Gasteiger partial charge is 0.472 e. The van der Waals surface area contributed by atoms with E-state index in [-0.39, 0.29) is 41.7 Å². The fourth-order valence-electron chi connectivity index (χ4n) is 5.18. The number of ether oxygens (including phenoxy) is 1. The summed E-state index contributed by atoms with van der Waals surface area (Å²) in [5.41, 5.74) is 1.02. The summed E-state index contributed by atoms with van der Waals surface area (Å²) >= 11 is 0. The van der Waals surface area contributed by atoms with Gasteiger partial charge in [0.1, 0.15) is 17.5 Å². The van der Waals surface area contributed by atoms with E-state index in [1.54, 1.807) is 48.0 Å². The number of rotatable bonds is 6. The molecule has 0 radical (unpaired) electrons. The van der Waals surface area contributed by atoms with Crippen LogP contribution in [0.3, 0.4) is 0 Å². The van der Waals surface area contributed by atoms with Crippen molar-refractivity contribution in [2.45, 2.75) is 58.1 Å². The van der Waals surface area contributed by atoms with E-state index in [1.807, 2.05) is 6.92 Å². The number of halogens is 1. The SMILES string of the molecule is C[C@H](CO)N1C[C@H](C)[C@@H](CN(C)C(=O)C2CCCCC2)Oc2ncc(-c3ccccc3F)cc2C1=O. The molecule has 0 saturated heterocycles. The third-order valence-corrected chi connectivity index (χ3v) is 7.49. The van der Waals surface area contributed by atoms with Gasteiger partial charge in [-0.25, -0.2) is 9.37 Å². The van der Waals surface area contributed by atoms with Crippen LogP contribution < -0.4 is 4.74 Å². The molecule has 0 spiro atoms. The van der Waals surface area contributed by atoms with Gasteiger partial charge in [0, 0.05) is 42.8 Å². The second-order valence-corrected chi connectivity index (χ2v) is 10.2. The molecule has 1 aromatic carbocycles. The number of likely N-dealkylation sites (N-methyl/N-ethyl adjacent to an activating group) is 1. The zero-order valence-electron chi connectivity index (χ0n) is 21.3. The van der Waals surface area contributed by atoms with E-state index >= 15 is 0 Å². The van der Waals surface area contributed by atoms with Gasteiger partial charge in [0.25, 0.3) is 5.91 Å². The topological polar surface area (TPSA) is 83.0 Å². The number of hydrogen-bond acceptors (Lipinski definition) is 5. The Morgan fingerprint density at radius 2 is 1.97 bits per heavy atom. The average molecular weight is 498 g/mol. The number of hydrogen-bond donors (Lipinski definition) is 1. The minimum atomic E-state index is -0.426. The monoisotopic (exact) mass is 497 g/mol. The van der Waals surface area contributed by atoms with Crippen LogP contribution in [-0.2, 0) is 4.79 Å². The molecule has 4 rings (SSSR count). The molecule has 1 N–H and O–H groups in total. The molecule has 194 valence electrons. The summed E-state index contributed by atoms with van der Waals surface area (Å²) in [5.74, 6) is -0.514. The molecule has 2 aromatic rings. The lowest BCUT2D eigenvalue weighted by atomic mass is 9.88. The van der Waals surface area contributed by atoms with Crippen molar-refractivity contribution in [3.8, 4) is 17.0 Å². The first-order valence-corrected chi connectivity index (χ1v) is 12.9. The summed E-state index contributed by atoms with van der Waals surface area (Å²) in [7, 11) is 1.81. The van der Waals surface area contributed by atoms with E-state index in [1.165, 1.54) is 18.7 Å². The number of carbonyl (C=O) groups excluding carboxylic acids is 2. The van der Waals surface area contributed by atoms with Gasteiger partial charge in [-0.15, -0.1) is 0 Å². The van der Waals surface area contributed by atoms with Crippen LogP contribution in [0.5, 0.6) is 5.88 Å². The summed E-state index contributed by atoms with van der Waals surface area (Å²) in [4.78, 5) is 34.5. The molecule has 1 aliphatic carbocycles. The first-order chi connectivity index (χ1) is 17.3. The maximum absolute atomic E-state index is 14.5. The molecule has 8 heteroatoms. The number of aliphatic hydroxyl groups is 1. The highest BCUT2D eigenvalue weighted by Crippen LogP contribution is 2.32. The molecule has 1 aromatic heterocycles. The van der Waals surface area contributed by atoms with Crippen LogP contribution in [0.1, 0.15) is 56.3 Å². The fourth-order valence-corrected chi connectivity index (χ4v) is 5.18. The Kier molecular flexibility index (Phi) is 8.24. The van der Waals surface area contributed by atoms with E-state index in [0.29, 0.717) is 24.2 Å². The lowest BCUT2D eigenvalue weighted by Crippen LogP contribution is -2.51. The Balaban J connectivity index is 1.66. The molecule has 3 atom stereocenters. The zero-order valence-corrected chi connectivity index (χ0v) is 21.3. The van der Waals surface area contributed by atoms with Gasteiger partial charge < -0.3 is 19.6 Å². The maximum atomic E-state index is 14.5. The van der Waals surface area contributed by atoms with Gasteiger partial charge in [0.2, 0.25) is 11.8 Å². The Morgan fingerprint density at radius 1 is 1.25 bits per heavy atom. The molecule has 2 heterocycles. The van der Waals surface area contributed by atoms with Crippen LogP contribution in [0.15, 0.2) is 36.5 Å². The van der Waals surface area contributed by atoms with E-state index in [0.717, 1.165) is 25.7 Å². The van der Waals surface area contributed by atoms with Crippen LogP contribution in [0.25, 0.3) is 11.1 Å². The fraction of sp³-hybridized carbons (Fsp3) is 0.536. The second-order valence-electron chi connectivity index (χ2n) is 10.2. The minimum Gasteiger partial charge on any atom is -0.472 e. The van der Waals surface area contributed by atoms with Gasteiger partial charge in [-0.2, -0.15) is 0 Å². The van der Waals surface area contributed by atoms with Crippen molar-refractivity contribution in [1.29, 1.82) is 0 Å². The quantitative estimate of drug-likeness (QED) is 0.649. The zero-order chi connectivity index (χ0) is 25.8. The molecule has 2 aliphatic rings. The average Bonchev–Trinajstić information content (AvgIpc) is 2.90. The van der Waals surface area contributed by atoms with Crippen molar-refractivity contribution in [2.24, 2.45) is 11.8 Å². The number of nitrogens with zero attached hydrogens (tertiary/aromatic N) is 3. The molecular weight excluding hydrogens is 461 g/mol. The second kappa shape index (κ2) is 11.4. The lowest BCUT2D eigenvalue weighted by Gasteiger charge is -2.38. The number of aromatic nitrogens is 1. The molecule has 0 unspecified atom stereocenters. The summed E-state index contributed by atoms with van der Waals surface area (Å²) in [6, 6.07) is 7.51. The van der Waals surface area contributed by atoms with Gasteiger partial charge in [0.05, 0.1) is 19.2 Å². The molecule has 0 bridgehead atoms. The molecule has 7 nitrogen and oxygen atoms in total. The van der Waals surface area contributed by atoms with Gasteiger partial charge in [-0.3, -0.25) is 9.59 Å². The van der Waals surface area contributed by atoms with Gasteiger partial charge in [0.15, 0.2) is 0 Å². The van der Waals surface area contributed by atoms with Crippen LogP contribution in [0, 0.1) is 17.7 Å². The van der Waals surface area contributed by atoms with E-state index in [9.17, 15) is 19.1 Å². The van der Waals surface area contributed by atoms with Crippen molar-refractivity contribution in [3.63, 3.8) is 0 Å². The number of benzene rings is 1. The highest BCUT2D eigenvalue weighted by atomic mass is 19.1. The van der Waals surface area contributed by atoms with E-state index < -0.39 is 18.0 Å². The molecule has 1 fully saturated rings. The molecule has 1 aliphatic heterocycles. The number of aliphatic hydroxyl groups excluding tert-OH is 1. The maximum Gasteiger partial charge on any atom is 0.259 e. The van der Waals surface area contributed by atoms with Crippen molar-refractivity contribution in [1.82, 2.24) is 14.8 Å². The highest BCUT2D eigenvalue weighted by Gasteiger charge is 2.35. The van der Waals surface area contributed by atoms with Crippen LogP contribution in [0.2, 0.25) is 0 Å². The standard InChI is InChI=1S/C28H36FN3O4/c1-18-15-32(19(2)17-33)28(35)23-13-21(22-11-7-8-12-24(22)29)14-30-26(23)36-25(18)16-31(3)27(34)20-9-5-4-6-10-20/h7-8,11-14,18-20,25,33H,4-6,9-10,15-17H2,1-3H3/t18-,19+,25+/m0/s1. The molecular formula is C28H36FN3O4. The number of carbonyl (C=O) groups is 2. The van der Waals surface area contributed by atoms with Crippen LogP contribution in [-0.4, -0.2) is 70.6 Å². The van der Waals surface area contributed by atoms with Gasteiger partial charge in [-0.05, 0) is 31.9 Å². The van der Waals surface area contributed by atoms with Gasteiger partial charge in [-0.1, -0.05) is 44.4 Å². The Morgan fingerprint density at radius 3 is 2.67 bits per heavy atom. The van der Waals surface area contributed by atoms with Crippen molar-refractivity contribution in [3.05, 3.63) is 47.9 Å². The van der Waals surface area contributed by atoms with Crippen molar-refractivity contribution >= 4 is 11.8 Å². The lowest BCUT2D eigenvalue weighted by molar-refractivity contribution is -0.136. The third-order valence-electron chi connectivity index (χ3n) is 7.49. The van der Waals surface area contributed by atoms with Gasteiger partial charge >= 0.3 is 0 Å². The normalized spacial score (nSPS) is 21.7. The predicted octanol–water partition coefficient (Wildman–Crippen LogP) is 4.15. The Bertz CT molecular complexity index is 1090. The van der Waals surface area contributed by atoms with Crippen LogP contribution in [0.4, 0.5) is 4.39 Å². The first-order valence-electron chi connectivity index (χ1n) is 12.9. The summed E-state index contributed by atoms with van der Waals surface area (Å²) in [6.45, 7) is 4.28. The van der Waals surface area contributed by atoms with Crippen molar-refractivity contribution in [2.75, 3.05) is 26.7 Å². The number of amides is 2. The summed E-state index contributed by atoms with van der Waals surface area (Å²) < 4.78 is 20.8.